The highest BCUT2D eigenvalue weighted by molar-refractivity contribution is 6.28. The van der Waals surface area contributed by atoms with Crippen LogP contribution in [0.3, 0.4) is 0 Å². The van der Waals surface area contributed by atoms with Crippen molar-refractivity contribution in [2.24, 2.45) is 0 Å². The van der Waals surface area contributed by atoms with E-state index in [0.717, 1.165) is 24.6 Å². The number of halogens is 1. The van der Waals surface area contributed by atoms with Gasteiger partial charge in [-0.25, -0.2) is 4.98 Å². The van der Waals surface area contributed by atoms with Crippen LogP contribution in [0.2, 0.25) is 5.28 Å². The van der Waals surface area contributed by atoms with Crippen LogP contribution in [0.1, 0.15) is 0 Å². The summed E-state index contributed by atoms with van der Waals surface area (Å²) in [4.78, 5) is 23.9. The van der Waals surface area contributed by atoms with Gasteiger partial charge in [-0.15, -0.1) is 0 Å². The lowest BCUT2D eigenvalue weighted by Gasteiger charge is -2.43. The molecule has 2 aliphatic heterocycles. The molecule has 0 saturated carbocycles. The number of fused-ring (bicyclic) bond motifs is 3. The van der Waals surface area contributed by atoms with Crippen LogP contribution in [0.5, 0.6) is 0 Å². The van der Waals surface area contributed by atoms with Crippen molar-refractivity contribution in [2.45, 2.75) is 6.04 Å². The standard InChI is InChI=1S/C10H12ClN5O/c1-15-6-5-13-10(11)14-8(6)16-3-2-12-4-7(16)9(15)17/h5,7,12H,2-4H2,1H3. The monoisotopic (exact) mass is 253 g/mol. The third-order valence-electron chi connectivity index (χ3n) is 3.21. The van der Waals surface area contributed by atoms with Crippen molar-refractivity contribution in [3.8, 4) is 0 Å². The molecule has 1 aromatic heterocycles. The van der Waals surface area contributed by atoms with Crippen LogP contribution in [-0.4, -0.2) is 48.6 Å². The van der Waals surface area contributed by atoms with E-state index in [2.05, 4.69) is 15.3 Å². The van der Waals surface area contributed by atoms with E-state index in [-0.39, 0.29) is 17.2 Å². The lowest BCUT2D eigenvalue weighted by atomic mass is 10.1. The summed E-state index contributed by atoms with van der Waals surface area (Å²) >= 11 is 5.82. The molecule has 1 saturated heterocycles. The number of nitrogens with zero attached hydrogens (tertiary/aromatic N) is 4. The quantitative estimate of drug-likeness (QED) is 0.654. The van der Waals surface area contributed by atoms with E-state index in [1.807, 2.05) is 4.90 Å². The Balaban J connectivity index is 2.13. The van der Waals surface area contributed by atoms with Gasteiger partial charge in [0.1, 0.15) is 11.7 Å². The van der Waals surface area contributed by atoms with Crippen molar-refractivity contribution in [3.05, 3.63) is 11.5 Å². The number of hydrogen-bond acceptors (Lipinski definition) is 5. The first-order valence-corrected chi connectivity index (χ1v) is 5.84. The van der Waals surface area contributed by atoms with Gasteiger partial charge in [-0.2, -0.15) is 4.98 Å². The van der Waals surface area contributed by atoms with E-state index in [1.165, 1.54) is 0 Å². The molecule has 90 valence electrons. The molecule has 1 atom stereocenters. The van der Waals surface area contributed by atoms with Crippen LogP contribution in [0.4, 0.5) is 11.5 Å². The maximum Gasteiger partial charge on any atom is 0.250 e. The molecule has 1 N–H and O–H groups in total. The number of carbonyl (C=O) groups excluding carboxylic acids is 1. The van der Waals surface area contributed by atoms with Crippen molar-refractivity contribution >= 4 is 29.0 Å². The van der Waals surface area contributed by atoms with E-state index >= 15 is 0 Å². The molecule has 6 nitrogen and oxygen atoms in total. The fourth-order valence-electron chi connectivity index (χ4n) is 2.31. The second-order valence-corrected chi connectivity index (χ2v) is 4.50. The number of rotatable bonds is 0. The van der Waals surface area contributed by atoms with E-state index in [0.29, 0.717) is 6.54 Å². The van der Waals surface area contributed by atoms with E-state index in [9.17, 15) is 4.79 Å². The molecule has 1 fully saturated rings. The second kappa shape index (κ2) is 3.82. The predicted octanol–water partition coefficient (Wildman–Crippen LogP) is -0.115. The minimum absolute atomic E-state index is 0.0654. The van der Waals surface area contributed by atoms with Gasteiger partial charge >= 0.3 is 0 Å². The Morgan fingerprint density at radius 3 is 3.24 bits per heavy atom. The molecule has 0 radical (unpaired) electrons. The van der Waals surface area contributed by atoms with Crippen LogP contribution in [-0.2, 0) is 4.79 Å². The summed E-state index contributed by atoms with van der Waals surface area (Å²) < 4.78 is 0. The summed E-state index contributed by atoms with van der Waals surface area (Å²) in [7, 11) is 1.74. The average Bonchev–Trinajstić information content (AvgIpc) is 2.36. The third-order valence-corrected chi connectivity index (χ3v) is 3.40. The molecule has 1 unspecified atom stereocenters. The smallest absolute Gasteiger partial charge is 0.250 e. The minimum atomic E-state index is -0.188. The fourth-order valence-corrected chi connectivity index (χ4v) is 2.44. The largest absolute Gasteiger partial charge is 0.340 e. The Morgan fingerprint density at radius 1 is 1.59 bits per heavy atom. The Kier molecular flexibility index (Phi) is 2.41. The van der Waals surface area contributed by atoms with Gasteiger partial charge in [-0.3, -0.25) is 4.79 Å². The van der Waals surface area contributed by atoms with Crippen LogP contribution < -0.4 is 15.1 Å². The van der Waals surface area contributed by atoms with Crippen molar-refractivity contribution in [3.63, 3.8) is 0 Å². The van der Waals surface area contributed by atoms with Crippen LogP contribution >= 0.6 is 11.6 Å². The van der Waals surface area contributed by atoms with E-state index in [1.54, 1.807) is 18.1 Å². The molecule has 17 heavy (non-hydrogen) atoms. The van der Waals surface area contributed by atoms with Crippen LogP contribution in [0.25, 0.3) is 0 Å². The fraction of sp³-hybridized carbons (Fsp3) is 0.500. The highest BCUT2D eigenvalue weighted by Crippen LogP contribution is 2.33. The Labute approximate surface area is 104 Å². The molecule has 1 aromatic rings. The Bertz CT molecular complexity index is 480. The Morgan fingerprint density at radius 2 is 2.41 bits per heavy atom. The molecule has 0 spiro atoms. The minimum Gasteiger partial charge on any atom is -0.340 e. The van der Waals surface area contributed by atoms with Gasteiger partial charge in [0.15, 0.2) is 5.82 Å². The summed E-state index contributed by atoms with van der Waals surface area (Å²) in [6.45, 7) is 2.24. The highest BCUT2D eigenvalue weighted by Gasteiger charge is 2.39. The van der Waals surface area contributed by atoms with Gasteiger partial charge in [0.05, 0.1) is 6.20 Å². The number of carbonyl (C=O) groups is 1. The molecule has 2 aliphatic rings. The number of anilines is 2. The van der Waals surface area contributed by atoms with Gasteiger partial charge in [-0.05, 0) is 11.6 Å². The third kappa shape index (κ3) is 1.56. The number of likely N-dealkylation sites (N-methyl/N-ethyl adjacent to an activating group) is 1. The summed E-state index contributed by atoms with van der Waals surface area (Å²) in [6.07, 6.45) is 1.60. The summed E-state index contributed by atoms with van der Waals surface area (Å²) in [5.41, 5.74) is 0.720. The zero-order valence-corrected chi connectivity index (χ0v) is 10.1. The van der Waals surface area contributed by atoms with Gasteiger partial charge in [0.2, 0.25) is 5.28 Å². The molecule has 0 bridgehead atoms. The number of amides is 1. The first-order valence-electron chi connectivity index (χ1n) is 5.46. The lowest BCUT2D eigenvalue weighted by molar-refractivity contribution is -0.120. The van der Waals surface area contributed by atoms with Gasteiger partial charge in [-0.1, -0.05) is 0 Å². The topological polar surface area (TPSA) is 61.4 Å². The Hall–Kier alpha value is -1.40. The first-order chi connectivity index (χ1) is 8.18. The molecular formula is C10H12ClN5O. The normalized spacial score (nSPS) is 23.4. The van der Waals surface area contributed by atoms with Crippen LogP contribution in [0.15, 0.2) is 6.20 Å². The van der Waals surface area contributed by atoms with Gasteiger partial charge in [0, 0.05) is 26.7 Å². The summed E-state index contributed by atoms with van der Waals surface area (Å²) in [5.74, 6) is 0.814. The maximum absolute atomic E-state index is 12.2. The molecule has 7 heteroatoms. The van der Waals surface area contributed by atoms with Crippen molar-refractivity contribution < 1.29 is 4.79 Å². The SMILES string of the molecule is CN1C(=O)C2CNCCN2c2nc(Cl)ncc21. The maximum atomic E-state index is 12.2. The van der Waals surface area contributed by atoms with E-state index < -0.39 is 0 Å². The van der Waals surface area contributed by atoms with Gasteiger partial charge in [0.25, 0.3) is 5.91 Å². The lowest BCUT2D eigenvalue weighted by Crippen LogP contribution is -2.61. The van der Waals surface area contributed by atoms with Gasteiger partial charge < -0.3 is 15.1 Å². The number of hydrogen-bond donors (Lipinski definition) is 1. The number of piperazine rings is 1. The number of aromatic nitrogens is 2. The molecule has 3 rings (SSSR count). The van der Waals surface area contributed by atoms with Crippen molar-refractivity contribution in [1.29, 1.82) is 0 Å². The molecule has 0 aromatic carbocycles. The van der Waals surface area contributed by atoms with Crippen molar-refractivity contribution in [1.82, 2.24) is 15.3 Å². The predicted molar refractivity (Wildman–Crippen MR) is 64.5 cm³/mol. The molecular weight excluding hydrogens is 242 g/mol. The molecule has 0 aliphatic carbocycles. The zero-order chi connectivity index (χ0) is 12.0. The summed E-state index contributed by atoms with van der Waals surface area (Å²) in [5, 5.41) is 3.43. The molecule has 3 heterocycles. The molecule has 1 amide bonds. The zero-order valence-electron chi connectivity index (χ0n) is 9.35. The number of nitrogens with one attached hydrogen (secondary N) is 1. The van der Waals surface area contributed by atoms with E-state index in [4.69, 9.17) is 11.6 Å². The summed E-state index contributed by atoms with van der Waals surface area (Å²) in [6, 6.07) is -0.188. The first kappa shape index (κ1) is 10.7. The van der Waals surface area contributed by atoms with Crippen LogP contribution in [0, 0.1) is 0 Å². The average molecular weight is 254 g/mol. The highest BCUT2D eigenvalue weighted by atomic mass is 35.5. The second-order valence-electron chi connectivity index (χ2n) is 4.16. The van der Waals surface area contributed by atoms with Crippen molar-refractivity contribution in [2.75, 3.05) is 36.5 Å².